The fourth-order valence-electron chi connectivity index (χ4n) is 3.06. The third-order valence-electron chi connectivity index (χ3n) is 4.51. The molecule has 8 nitrogen and oxygen atoms in total. The van der Waals surface area contributed by atoms with E-state index in [4.69, 9.17) is 0 Å². The predicted molar refractivity (Wildman–Crippen MR) is 104 cm³/mol. The quantitative estimate of drug-likeness (QED) is 0.726. The first-order valence-electron chi connectivity index (χ1n) is 8.75. The molecule has 0 saturated carbocycles. The number of sulfonamides is 1. The van der Waals surface area contributed by atoms with E-state index in [1.807, 2.05) is 25.1 Å². The zero-order chi connectivity index (χ0) is 19.4. The molecule has 2 heterocycles. The van der Waals surface area contributed by atoms with Gasteiger partial charge in [0.25, 0.3) is 10.0 Å². The third-order valence-corrected chi connectivity index (χ3v) is 7.56. The summed E-state index contributed by atoms with van der Waals surface area (Å²) in [5, 5.41) is 10.1. The summed E-state index contributed by atoms with van der Waals surface area (Å²) in [6.07, 6.45) is 0.939. The Morgan fingerprint density at radius 2 is 2.00 bits per heavy atom. The van der Waals surface area contributed by atoms with Crippen LogP contribution >= 0.6 is 11.3 Å². The zero-order valence-corrected chi connectivity index (χ0v) is 17.0. The molecule has 1 aromatic heterocycles. The molecule has 1 atom stereocenters. The van der Waals surface area contributed by atoms with E-state index >= 15 is 0 Å². The Bertz CT molecular complexity index is 885. The highest BCUT2D eigenvalue weighted by Gasteiger charge is 2.34. The van der Waals surface area contributed by atoms with Crippen molar-refractivity contribution in [2.24, 2.45) is 0 Å². The van der Waals surface area contributed by atoms with Crippen molar-refractivity contribution in [1.82, 2.24) is 19.4 Å². The van der Waals surface area contributed by atoms with Crippen molar-refractivity contribution in [2.75, 3.05) is 31.5 Å². The third kappa shape index (κ3) is 4.89. The molecule has 1 N–H and O–H groups in total. The standard InChI is InChI=1S/C17H23N5O3S2/c1-13-12-22(11-10-21(13)9-8-15-6-4-3-5-7-15)27(24,25)17-20-19-16(26-17)18-14(2)23/h3-7,13H,8-12H2,1-2H3,(H,18,19,23). The molecule has 0 radical (unpaired) electrons. The van der Waals surface area contributed by atoms with E-state index < -0.39 is 10.0 Å². The van der Waals surface area contributed by atoms with Crippen LogP contribution in [0, 0.1) is 0 Å². The first kappa shape index (κ1) is 19.9. The van der Waals surface area contributed by atoms with E-state index in [9.17, 15) is 13.2 Å². The fraction of sp³-hybridized carbons (Fsp3) is 0.471. The van der Waals surface area contributed by atoms with Gasteiger partial charge in [-0.25, -0.2) is 8.42 Å². The molecule has 27 heavy (non-hydrogen) atoms. The summed E-state index contributed by atoms with van der Waals surface area (Å²) in [5.74, 6) is -0.309. The number of aromatic nitrogens is 2. The van der Waals surface area contributed by atoms with E-state index in [1.165, 1.54) is 16.8 Å². The Morgan fingerprint density at radius 3 is 2.67 bits per heavy atom. The summed E-state index contributed by atoms with van der Waals surface area (Å²) >= 11 is 0.874. The minimum atomic E-state index is -3.70. The van der Waals surface area contributed by atoms with Crippen LogP contribution in [-0.4, -0.2) is 65.9 Å². The number of rotatable bonds is 6. The molecule has 0 spiro atoms. The lowest BCUT2D eigenvalue weighted by molar-refractivity contribution is -0.114. The Labute approximate surface area is 163 Å². The maximum Gasteiger partial charge on any atom is 0.272 e. The number of benzene rings is 1. The minimum Gasteiger partial charge on any atom is -0.301 e. The van der Waals surface area contributed by atoms with Gasteiger partial charge in [0.15, 0.2) is 0 Å². The maximum atomic E-state index is 12.8. The van der Waals surface area contributed by atoms with Gasteiger partial charge in [-0.1, -0.05) is 41.7 Å². The van der Waals surface area contributed by atoms with Gasteiger partial charge in [0, 0.05) is 39.1 Å². The molecule has 1 saturated heterocycles. The highest BCUT2D eigenvalue weighted by molar-refractivity contribution is 7.91. The second-order valence-electron chi connectivity index (χ2n) is 6.54. The Kier molecular flexibility index (Phi) is 6.20. The molecule has 3 rings (SSSR count). The van der Waals surface area contributed by atoms with Crippen LogP contribution in [0.15, 0.2) is 34.7 Å². The summed E-state index contributed by atoms with van der Waals surface area (Å²) in [5.41, 5.74) is 1.28. The SMILES string of the molecule is CC(=O)Nc1nnc(S(=O)(=O)N2CCN(CCc3ccccc3)C(C)C2)s1. The molecule has 146 valence electrons. The summed E-state index contributed by atoms with van der Waals surface area (Å²) in [6.45, 7) is 5.76. The van der Waals surface area contributed by atoms with Gasteiger partial charge in [-0.3, -0.25) is 9.69 Å². The van der Waals surface area contributed by atoms with E-state index in [1.54, 1.807) is 0 Å². The Hall–Kier alpha value is -1.88. The van der Waals surface area contributed by atoms with Crippen molar-refractivity contribution < 1.29 is 13.2 Å². The summed E-state index contributed by atoms with van der Waals surface area (Å²) < 4.78 is 27.0. The van der Waals surface area contributed by atoms with Crippen LogP contribution in [0.4, 0.5) is 5.13 Å². The number of anilines is 1. The summed E-state index contributed by atoms with van der Waals surface area (Å²) in [7, 11) is -3.70. The minimum absolute atomic E-state index is 0.0869. The Balaban J connectivity index is 1.61. The van der Waals surface area contributed by atoms with E-state index in [-0.39, 0.29) is 21.4 Å². The molecule has 1 aromatic carbocycles. The van der Waals surface area contributed by atoms with Crippen molar-refractivity contribution >= 4 is 32.4 Å². The number of carbonyl (C=O) groups is 1. The molecule has 1 fully saturated rings. The van der Waals surface area contributed by atoms with E-state index in [0.717, 1.165) is 24.3 Å². The van der Waals surface area contributed by atoms with Crippen LogP contribution in [0.3, 0.4) is 0 Å². The lowest BCUT2D eigenvalue weighted by atomic mass is 10.1. The smallest absolute Gasteiger partial charge is 0.272 e. The van der Waals surface area contributed by atoms with Crippen LogP contribution in [0.1, 0.15) is 19.4 Å². The van der Waals surface area contributed by atoms with Crippen LogP contribution in [-0.2, 0) is 21.2 Å². The van der Waals surface area contributed by atoms with Crippen molar-refractivity contribution in [3.8, 4) is 0 Å². The van der Waals surface area contributed by atoms with E-state index in [0.29, 0.717) is 19.6 Å². The monoisotopic (exact) mass is 409 g/mol. The molecule has 0 bridgehead atoms. The largest absolute Gasteiger partial charge is 0.301 e. The van der Waals surface area contributed by atoms with Crippen molar-refractivity contribution in [3.05, 3.63) is 35.9 Å². The highest BCUT2D eigenvalue weighted by Crippen LogP contribution is 2.25. The first-order valence-corrected chi connectivity index (χ1v) is 11.0. The lowest BCUT2D eigenvalue weighted by Gasteiger charge is -2.38. The van der Waals surface area contributed by atoms with Crippen molar-refractivity contribution in [1.29, 1.82) is 0 Å². The average Bonchev–Trinajstić information content (AvgIpc) is 3.10. The number of nitrogens with zero attached hydrogens (tertiary/aromatic N) is 4. The van der Waals surface area contributed by atoms with Crippen LogP contribution < -0.4 is 5.32 Å². The average molecular weight is 410 g/mol. The van der Waals surface area contributed by atoms with Gasteiger partial charge in [0.1, 0.15) is 0 Å². The van der Waals surface area contributed by atoms with Gasteiger partial charge >= 0.3 is 0 Å². The van der Waals surface area contributed by atoms with Gasteiger partial charge in [-0.15, -0.1) is 10.2 Å². The van der Waals surface area contributed by atoms with Crippen LogP contribution in [0.5, 0.6) is 0 Å². The number of amides is 1. The topological polar surface area (TPSA) is 95.5 Å². The first-order chi connectivity index (χ1) is 12.9. The van der Waals surface area contributed by atoms with Crippen molar-refractivity contribution in [3.63, 3.8) is 0 Å². The highest BCUT2D eigenvalue weighted by atomic mass is 32.2. The zero-order valence-electron chi connectivity index (χ0n) is 15.3. The van der Waals surface area contributed by atoms with Gasteiger partial charge in [-0.05, 0) is 18.9 Å². The second-order valence-corrected chi connectivity index (χ2v) is 9.63. The summed E-state index contributed by atoms with van der Waals surface area (Å²) in [6, 6.07) is 10.4. The predicted octanol–water partition coefficient (Wildman–Crippen LogP) is 1.43. The molecule has 10 heteroatoms. The van der Waals surface area contributed by atoms with Gasteiger partial charge in [-0.2, -0.15) is 4.31 Å². The molecule has 0 aliphatic carbocycles. The molecule has 1 unspecified atom stereocenters. The lowest BCUT2D eigenvalue weighted by Crippen LogP contribution is -2.53. The number of nitrogens with one attached hydrogen (secondary N) is 1. The maximum absolute atomic E-state index is 12.8. The Morgan fingerprint density at radius 1 is 1.26 bits per heavy atom. The number of hydrogen-bond acceptors (Lipinski definition) is 7. The second kappa shape index (κ2) is 8.42. The molecule has 2 aromatic rings. The van der Waals surface area contributed by atoms with Crippen molar-refractivity contribution in [2.45, 2.75) is 30.6 Å². The number of hydrogen-bond donors (Lipinski definition) is 1. The van der Waals surface area contributed by atoms with Gasteiger partial charge in [0.05, 0.1) is 0 Å². The number of carbonyl (C=O) groups excluding carboxylic acids is 1. The molecule has 1 aliphatic rings. The van der Waals surface area contributed by atoms with Crippen LogP contribution in [0.2, 0.25) is 0 Å². The molecule has 1 amide bonds. The molecular weight excluding hydrogens is 386 g/mol. The molecule has 1 aliphatic heterocycles. The van der Waals surface area contributed by atoms with Gasteiger partial charge in [0.2, 0.25) is 15.4 Å². The fourth-order valence-corrected chi connectivity index (χ4v) is 5.65. The van der Waals surface area contributed by atoms with Crippen LogP contribution in [0.25, 0.3) is 0 Å². The molecular formula is C17H23N5O3S2. The number of piperazine rings is 1. The summed E-state index contributed by atoms with van der Waals surface area (Å²) in [4.78, 5) is 13.4. The van der Waals surface area contributed by atoms with Gasteiger partial charge < -0.3 is 5.32 Å². The van der Waals surface area contributed by atoms with E-state index in [2.05, 4.69) is 32.5 Å². The normalized spacial score (nSPS) is 19.1.